The highest BCUT2D eigenvalue weighted by atomic mass is 35.5. The van der Waals surface area contributed by atoms with Gasteiger partial charge in [-0.1, -0.05) is 23.2 Å². The Balaban J connectivity index is 2.25. The molecular weight excluding hydrogens is 299 g/mol. The Labute approximate surface area is 117 Å². The summed E-state index contributed by atoms with van der Waals surface area (Å²) >= 11 is 12.8. The molecule has 1 N–H and O–H groups in total. The third-order valence-corrected chi connectivity index (χ3v) is 4.17. The zero-order chi connectivity index (χ0) is 13.3. The maximum Gasteiger partial charge on any atom is 0.327 e. The topological polar surface area (TPSA) is 70.5 Å². The minimum Gasteiger partial charge on any atom is -0.480 e. The average molecular weight is 307 g/mol. The molecule has 2 rings (SSSR count). The zero-order valence-corrected chi connectivity index (χ0v) is 11.3. The first-order chi connectivity index (χ1) is 8.50. The quantitative estimate of drug-likeness (QED) is 0.846. The summed E-state index contributed by atoms with van der Waals surface area (Å²) in [4.78, 5) is 28.2. The van der Waals surface area contributed by atoms with E-state index in [0.29, 0.717) is 11.6 Å². The number of halogens is 2. The Morgan fingerprint density at radius 2 is 2.22 bits per heavy atom. The maximum atomic E-state index is 12.1. The highest BCUT2D eigenvalue weighted by molar-refractivity contribution is 7.99. The number of carbonyl (C=O) groups is 2. The number of hydrogen-bond acceptors (Lipinski definition) is 4. The van der Waals surface area contributed by atoms with E-state index in [1.54, 1.807) is 0 Å². The number of carbonyl (C=O) groups excluding carboxylic acids is 1. The molecule has 0 bridgehead atoms. The number of pyridine rings is 1. The summed E-state index contributed by atoms with van der Waals surface area (Å²) < 4.78 is 0. The minimum atomic E-state index is -1.01. The molecule has 1 aromatic rings. The number of rotatable bonds is 2. The molecule has 0 aromatic carbocycles. The minimum absolute atomic E-state index is 0.110. The molecule has 0 aliphatic carbocycles. The number of aromatic nitrogens is 1. The van der Waals surface area contributed by atoms with Crippen molar-refractivity contribution in [3.8, 4) is 0 Å². The van der Waals surface area contributed by atoms with E-state index in [-0.39, 0.29) is 15.7 Å². The zero-order valence-electron chi connectivity index (χ0n) is 8.97. The van der Waals surface area contributed by atoms with Gasteiger partial charge in [-0.2, -0.15) is 0 Å². The second kappa shape index (κ2) is 5.34. The van der Waals surface area contributed by atoms with Crippen molar-refractivity contribution in [2.75, 3.05) is 11.6 Å². The van der Waals surface area contributed by atoms with E-state index >= 15 is 0 Å². The molecule has 1 unspecified atom stereocenters. The third kappa shape index (κ3) is 2.55. The lowest BCUT2D eigenvalue weighted by molar-refractivity contribution is -0.140. The predicted octanol–water partition coefficient (Wildman–Crippen LogP) is 1.99. The number of aliphatic carboxylic acids is 1. The van der Waals surface area contributed by atoms with Crippen molar-refractivity contribution in [1.29, 1.82) is 0 Å². The Bertz CT molecular complexity index is 512. The molecule has 1 aliphatic rings. The Hall–Kier alpha value is -0.980. The van der Waals surface area contributed by atoms with Crippen molar-refractivity contribution in [3.63, 3.8) is 0 Å². The van der Waals surface area contributed by atoms with Gasteiger partial charge in [-0.05, 0) is 6.07 Å². The van der Waals surface area contributed by atoms with Gasteiger partial charge in [-0.25, -0.2) is 9.78 Å². The van der Waals surface area contributed by atoms with Crippen molar-refractivity contribution in [2.45, 2.75) is 6.04 Å². The molecule has 1 atom stereocenters. The second-order valence-electron chi connectivity index (χ2n) is 3.63. The molecule has 0 spiro atoms. The smallest absolute Gasteiger partial charge is 0.327 e. The molecule has 1 aromatic heterocycles. The molecule has 1 fully saturated rings. The monoisotopic (exact) mass is 306 g/mol. The molecule has 5 nitrogen and oxygen atoms in total. The van der Waals surface area contributed by atoms with E-state index in [4.69, 9.17) is 28.3 Å². The Morgan fingerprint density at radius 3 is 2.83 bits per heavy atom. The number of carboxylic acids is 1. The summed E-state index contributed by atoms with van der Waals surface area (Å²) in [6.07, 6.45) is 1.29. The average Bonchev–Trinajstić information content (AvgIpc) is 2.81. The van der Waals surface area contributed by atoms with Crippen LogP contribution in [0.25, 0.3) is 0 Å². The first-order valence-corrected chi connectivity index (χ1v) is 6.84. The molecule has 0 radical (unpaired) electrons. The molecular formula is C10H8Cl2N2O3S. The van der Waals surface area contributed by atoms with Crippen molar-refractivity contribution in [1.82, 2.24) is 9.88 Å². The fourth-order valence-corrected chi connectivity index (χ4v) is 2.97. The third-order valence-electron chi connectivity index (χ3n) is 2.47. The molecule has 18 heavy (non-hydrogen) atoms. The first-order valence-electron chi connectivity index (χ1n) is 4.93. The van der Waals surface area contributed by atoms with Gasteiger partial charge in [0.1, 0.15) is 11.2 Å². The van der Waals surface area contributed by atoms with Gasteiger partial charge in [-0.3, -0.25) is 4.79 Å². The van der Waals surface area contributed by atoms with E-state index in [1.807, 2.05) is 0 Å². The van der Waals surface area contributed by atoms with Crippen LogP contribution in [0.4, 0.5) is 0 Å². The van der Waals surface area contributed by atoms with E-state index in [0.717, 1.165) is 0 Å². The van der Waals surface area contributed by atoms with Gasteiger partial charge in [0.2, 0.25) is 0 Å². The lowest BCUT2D eigenvalue weighted by Crippen LogP contribution is -2.41. The van der Waals surface area contributed by atoms with Gasteiger partial charge in [0.05, 0.1) is 16.5 Å². The number of hydrogen-bond donors (Lipinski definition) is 1. The lowest BCUT2D eigenvalue weighted by Gasteiger charge is -2.20. The molecule has 1 saturated heterocycles. The van der Waals surface area contributed by atoms with Gasteiger partial charge in [0, 0.05) is 11.9 Å². The summed E-state index contributed by atoms with van der Waals surface area (Å²) in [7, 11) is 0. The summed E-state index contributed by atoms with van der Waals surface area (Å²) in [5.74, 6) is -0.689. The van der Waals surface area contributed by atoms with Gasteiger partial charge in [0.15, 0.2) is 0 Å². The van der Waals surface area contributed by atoms with Crippen LogP contribution in [0.1, 0.15) is 10.4 Å². The van der Waals surface area contributed by atoms with Gasteiger partial charge >= 0.3 is 5.97 Å². The van der Waals surface area contributed by atoms with Crippen LogP contribution in [0.5, 0.6) is 0 Å². The van der Waals surface area contributed by atoms with Gasteiger partial charge in [-0.15, -0.1) is 11.8 Å². The molecule has 8 heteroatoms. The number of amides is 1. The Kier molecular flexibility index (Phi) is 3.99. The van der Waals surface area contributed by atoms with Crippen molar-refractivity contribution < 1.29 is 14.7 Å². The van der Waals surface area contributed by atoms with Crippen LogP contribution in [-0.2, 0) is 4.79 Å². The first kappa shape index (κ1) is 13.5. The van der Waals surface area contributed by atoms with Crippen LogP contribution >= 0.6 is 35.0 Å². The summed E-state index contributed by atoms with van der Waals surface area (Å²) in [5, 5.41) is 9.29. The number of nitrogens with zero attached hydrogens (tertiary/aromatic N) is 2. The predicted molar refractivity (Wildman–Crippen MR) is 69.2 cm³/mol. The highest BCUT2D eigenvalue weighted by Gasteiger charge is 2.35. The SMILES string of the molecule is O=C(O)C1CSCN1C(=O)c1cnc(Cl)c(Cl)c1. The Morgan fingerprint density at radius 1 is 1.50 bits per heavy atom. The molecule has 1 aliphatic heterocycles. The second-order valence-corrected chi connectivity index (χ2v) is 5.39. The lowest BCUT2D eigenvalue weighted by atomic mass is 10.2. The summed E-state index contributed by atoms with van der Waals surface area (Å²) in [6.45, 7) is 0. The van der Waals surface area contributed by atoms with Crippen LogP contribution in [0.2, 0.25) is 10.2 Å². The largest absolute Gasteiger partial charge is 0.480 e. The van der Waals surface area contributed by atoms with E-state index in [9.17, 15) is 9.59 Å². The van der Waals surface area contributed by atoms with Crippen molar-refractivity contribution in [3.05, 3.63) is 28.0 Å². The molecule has 1 amide bonds. The normalized spacial score (nSPS) is 19.0. The van der Waals surface area contributed by atoms with Crippen LogP contribution in [-0.4, -0.2) is 44.5 Å². The fourth-order valence-electron chi connectivity index (χ4n) is 1.55. The van der Waals surface area contributed by atoms with E-state index < -0.39 is 17.9 Å². The standard InChI is InChI=1S/C10H8Cl2N2O3S/c11-6-1-5(2-13-8(6)12)9(15)14-4-18-3-7(14)10(16)17/h1-2,7H,3-4H2,(H,16,17). The molecule has 2 heterocycles. The van der Waals surface area contributed by atoms with Gasteiger partial charge in [0.25, 0.3) is 5.91 Å². The number of carboxylic acid groups (broad SMARTS) is 1. The van der Waals surface area contributed by atoms with Crippen molar-refractivity contribution >= 4 is 46.8 Å². The van der Waals surface area contributed by atoms with Crippen molar-refractivity contribution in [2.24, 2.45) is 0 Å². The van der Waals surface area contributed by atoms with Crippen LogP contribution in [0.3, 0.4) is 0 Å². The van der Waals surface area contributed by atoms with E-state index in [1.165, 1.54) is 28.9 Å². The molecule has 0 saturated carbocycles. The summed E-state index contributed by atoms with van der Waals surface area (Å²) in [6, 6.07) is 0.582. The van der Waals surface area contributed by atoms with E-state index in [2.05, 4.69) is 4.98 Å². The maximum absolute atomic E-state index is 12.1. The van der Waals surface area contributed by atoms with Crippen LogP contribution in [0, 0.1) is 0 Å². The molecule has 96 valence electrons. The highest BCUT2D eigenvalue weighted by Crippen LogP contribution is 2.25. The van der Waals surface area contributed by atoms with Crippen LogP contribution < -0.4 is 0 Å². The van der Waals surface area contributed by atoms with Crippen LogP contribution in [0.15, 0.2) is 12.3 Å². The fraction of sp³-hybridized carbons (Fsp3) is 0.300. The number of thioether (sulfide) groups is 1. The summed E-state index contributed by atoms with van der Waals surface area (Å²) in [5.41, 5.74) is 0.234. The van der Waals surface area contributed by atoms with Gasteiger partial charge < -0.3 is 10.0 Å².